The number of para-hydroxylation sites is 1. The molecule has 2 aromatic carbocycles. The number of aromatic nitrogens is 1. The number of nitrogens with one attached hydrogen (secondary N) is 4. The first kappa shape index (κ1) is 36.0. The first-order chi connectivity index (χ1) is 21.7. The molecule has 0 aliphatic rings. The fourth-order valence-corrected chi connectivity index (χ4v) is 4.91. The number of carboxylic acids is 1. The molecule has 0 saturated carbocycles. The average molecular weight is 641 g/mol. The number of rotatable bonds is 16. The zero-order valence-corrected chi connectivity index (χ0v) is 27.0. The number of H-pyrrole nitrogens is 1. The van der Waals surface area contributed by atoms with Gasteiger partial charge in [-0.2, -0.15) is 0 Å². The van der Waals surface area contributed by atoms with Gasteiger partial charge in [-0.1, -0.05) is 44.2 Å². The lowest BCUT2D eigenvalue weighted by molar-refractivity contribution is -0.151. The maximum absolute atomic E-state index is 13.5. The van der Waals surface area contributed by atoms with Gasteiger partial charge >= 0.3 is 18.0 Å². The van der Waals surface area contributed by atoms with Crippen LogP contribution in [0.25, 0.3) is 10.9 Å². The zero-order valence-electron chi connectivity index (χ0n) is 27.0. The van der Waals surface area contributed by atoms with Crippen LogP contribution in [0.2, 0.25) is 0 Å². The topological polar surface area (TPSA) is 159 Å². The van der Waals surface area contributed by atoms with Crippen LogP contribution in [0.3, 0.4) is 0 Å². The number of fused-ring (bicyclic) bond motifs is 1. The van der Waals surface area contributed by atoms with Crippen LogP contribution >= 0.6 is 0 Å². The zero-order chi connectivity index (χ0) is 33.9. The fraction of sp³-hybridized carbons (Fsp3) is 0.471. The van der Waals surface area contributed by atoms with Crippen molar-refractivity contribution in [2.24, 2.45) is 5.92 Å². The maximum atomic E-state index is 13.5. The summed E-state index contributed by atoms with van der Waals surface area (Å²) in [6, 6.07) is 10.8. The summed E-state index contributed by atoms with van der Waals surface area (Å²) < 4.78 is 23.9. The molecule has 3 atom stereocenters. The van der Waals surface area contributed by atoms with Gasteiger partial charge in [0.1, 0.15) is 17.5 Å². The van der Waals surface area contributed by atoms with Crippen LogP contribution in [0.4, 0.5) is 9.18 Å². The van der Waals surface area contributed by atoms with Gasteiger partial charge in [0.05, 0.1) is 19.1 Å². The SMILES string of the molecule is CC(C)C[C@H](NC[C@H](Cc1c[nH]c2ccccc12)NC(=O)OC(C)(C)C)C(=O)N[C@@H](CC(=O)O)C(=O)OCCc1ccc(F)cc1. The van der Waals surface area contributed by atoms with E-state index in [9.17, 15) is 28.7 Å². The number of ether oxygens (including phenoxy) is 2. The Hall–Kier alpha value is -4.45. The second kappa shape index (κ2) is 16.7. The Kier molecular flexibility index (Phi) is 13.1. The normalized spacial score (nSPS) is 13.5. The van der Waals surface area contributed by atoms with E-state index in [2.05, 4.69) is 20.9 Å². The van der Waals surface area contributed by atoms with Crippen molar-refractivity contribution in [1.29, 1.82) is 0 Å². The lowest BCUT2D eigenvalue weighted by Crippen LogP contribution is -2.54. The highest BCUT2D eigenvalue weighted by Gasteiger charge is 2.30. The van der Waals surface area contributed by atoms with Crippen molar-refractivity contribution >= 4 is 34.8 Å². The van der Waals surface area contributed by atoms with E-state index < -0.39 is 54.1 Å². The van der Waals surface area contributed by atoms with Gasteiger partial charge in [0.15, 0.2) is 0 Å². The van der Waals surface area contributed by atoms with Gasteiger partial charge in [-0.25, -0.2) is 14.0 Å². The minimum Gasteiger partial charge on any atom is -0.481 e. The van der Waals surface area contributed by atoms with E-state index in [0.717, 1.165) is 22.0 Å². The Morgan fingerprint density at radius 3 is 2.33 bits per heavy atom. The monoisotopic (exact) mass is 640 g/mol. The van der Waals surface area contributed by atoms with Gasteiger partial charge in [0.2, 0.25) is 5.91 Å². The fourth-order valence-electron chi connectivity index (χ4n) is 4.91. The average Bonchev–Trinajstić information content (AvgIpc) is 3.36. The Bertz CT molecular complexity index is 1470. The summed E-state index contributed by atoms with van der Waals surface area (Å²) in [5.41, 5.74) is 1.94. The van der Waals surface area contributed by atoms with Gasteiger partial charge in [0, 0.05) is 36.1 Å². The molecule has 0 unspecified atom stereocenters. The number of carbonyl (C=O) groups excluding carboxylic acids is 3. The maximum Gasteiger partial charge on any atom is 0.407 e. The summed E-state index contributed by atoms with van der Waals surface area (Å²) in [7, 11) is 0. The van der Waals surface area contributed by atoms with Gasteiger partial charge in [-0.15, -0.1) is 0 Å². The summed E-state index contributed by atoms with van der Waals surface area (Å²) in [5, 5.41) is 19.1. The Morgan fingerprint density at radius 2 is 1.67 bits per heavy atom. The summed E-state index contributed by atoms with van der Waals surface area (Å²) in [5.74, 6) is -3.06. The van der Waals surface area contributed by atoms with Crippen LogP contribution in [-0.4, -0.2) is 70.9 Å². The molecule has 0 spiro atoms. The molecule has 12 heteroatoms. The van der Waals surface area contributed by atoms with Crippen LogP contribution in [-0.2, 0) is 36.7 Å². The molecule has 0 fully saturated rings. The molecule has 2 amide bonds. The number of esters is 1. The minimum atomic E-state index is -1.42. The van der Waals surface area contributed by atoms with E-state index in [1.165, 1.54) is 12.1 Å². The summed E-state index contributed by atoms with van der Waals surface area (Å²) in [4.78, 5) is 53.9. The second-order valence-corrected chi connectivity index (χ2v) is 12.7. The van der Waals surface area contributed by atoms with Gasteiger partial charge in [-0.05, 0) is 68.9 Å². The molecule has 0 radical (unpaired) electrons. The highest BCUT2D eigenvalue weighted by Crippen LogP contribution is 2.19. The molecule has 3 rings (SSSR count). The van der Waals surface area contributed by atoms with Crippen molar-refractivity contribution in [2.75, 3.05) is 13.2 Å². The van der Waals surface area contributed by atoms with Gasteiger partial charge in [0.25, 0.3) is 0 Å². The van der Waals surface area contributed by atoms with Crippen molar-refractivity contribution in [2.45, 2.75) is 84.0 Å². The lowest BCUT2D eigenvalue weighted by Gasteiger charge is -2.27. The molecule has 250 valence electrons. The largest absolute Gasteiger partial charge is 0.481 e. The van der Waals surface area contributed by atoms with Crippen LogP contribution in [0.15, 0.2) is 54.7 Å². The van der Waals surface area contributed by atoms with E-state index >= 15 is 0 Å². The standard InChI is InChI=1S/C34H45FN4O7/c1-21(2)16-28(31(42)39-29(18-30(40)41)32(43)45-15-14-22-10-12-24(35)13-11-22)37-20-25(38-33(44)46-34(3,4)5)17-23-19-36-27-9-7-6-8-26(23)27/h6-13,19,21,25,28-29,36-37H,14-18,20H2,1-5H3,(H,38,44)(H,39,42)(H,40,41)/t25-,28-,29-/m0/s1. The van der Waals surface area contributed by atoms with Crippen molar-refractivity contribution in [3.05, 3.63) is 71.7 Å². The van der Waals surface area contributed by atoms with E-state index in [1.54, 1.807) is 32.9 Å². The number of amides is 2. The highest BCUT2D eigenvalue weighted by molar-refractivity contribution is 5.90. The molecule has 5 N–H and O–H groups in total. The molecule has 0 saturated heterocycles. The Balaban J connectivity index is 1.70. The number of aromatic amines is 1. The predicted molar refractivity (Wildman–Crippen MR) is 172 cm³/mol. The van der Waals surface area contributed by atoms with Crippen molar-refractivity contribution in [3.8, 4) is 0 Å². The van der Waals surface area contributed by atoms with E-state index in [-0.39, 0.29) is 24.9 Å². The van der Waals surface area contributed by atoms with Gasteiger partial charge < -0.3 is 35.5 Å². The molecule has 1 heterocycles. The highest BCUT2D eigenvalue weighted by atomic mass is 19.1. The van der Waals surface area contributed by atoms with Gasteiger partial charge in [-0.3, -0.25) is 9.59 Å². The van der Waals surface area contributed by atoms with E-state index in [1.807, 2.05) is 44.3 Å². The summed E-state index contributed by atoms with van der Waals surface area (Å²) >= 11 is 0. The molecule has 0 aliphatic carbocycles. The van der Waals surface area contributed by atoms with Crippen molar-refractivity contribution in [3.63, 3.8) is 0 Å². The number of halogens is 1. The minimum absolute atomic E-state index is 0.0646. The summed E-state index contributed by atoms with van der Waals surface area (Å²) in [6.45, 7) is 9.27. The molecular formula is C34H45FN4O7. The molecule has 46 heavy (non-hydrogen) atoms. The van der Waals surface area contributed by atoms with Crippen LogP contribution in [0.1, 0.15) is 58.6 Å². The predicted octanol–water partition coefficient (Wildman–Crippen LogP) is 4.49. The summed E-state index contributed by atoms with van der Waals surface area (Å²) in [6.07, 6.45) is 1.70. The lowest BCUT2D eigenvalue weighted by atomic mass is 10.0. The molecule has 0 aliphatic heterocycles. The molecular weight excluding hydrogens is 595 g/mol. The third-order valence-electron chi connectivity index (χ3n) is 7.02. The number of hydrogen-bond acceptors (Lipinski definition) is 7. The number of hydrogen-bond donors (Lipinski definition) is 5. The van der Waals surface area contributed by atoms with Crippen LogP contribution in [0.5, 0.6) is 0 Å². The first-order valence-corrected chi connectivity index (χ1v) is 15.4. The van der Waals surface area contributed by atoms with E-state index in [0.29, 0.717) is 19.3 Å². The Morgan fingerprint density at radius 1 is 0.978 bits per heavy atom. The first-order valence-electron chi connectivity index (χ1n) is 15.4. The molecule has 0 bridgehead atoms. The third-order valence-corrected chi connectivity index (χ3v) is 7.02. The quantitative estimate of drug-likeness (QED) is 0.143. The van der Waals surface area contributed by atoms with Crippen LogP contribution < -0.4 is 16.0 Å². The number of carbonyl (C=O) groups is 4. The van der Waals surface area contributed by atoms with Crippen LogP contribution in [0, 0.1) is 11.7 Å². The van der Waals surface area contributed by atoms with Crippen molar-refractivity contribution < 1.29 is 38.1 Å². The number of alkyl carbamates (subject to hydrolysis) is 1. The molecule has 11 nitrogen and oxygen atoms in total. The van der Waals surface area contributed by atoms with E-state index in [4.69, 9.17) is 9.47 Å². The van der Waals surface area contributed by atoms with Crippen molar-refractivity contribution in [1.82, 2.24) is 20.9 Å². The molecule has 3 aromatic rings. The smallest absolute Gasteiger partial charge is 0.407 e. The third kappa shape index (κ3) is 12.2. The number of aliphatic carboxylic acids is 1. The number of carboxylic acid groups (broad SMARTS) is 1. The molecule has 1 aromatic heterocycles. The number of benzene rings is 2. The second-order valence-electron chi connectivity index (χ2n) is 12.7. The Labute approximate surface area is 268 Å².